The lowest BCUT2D eigenvalue weighted by atomic mass is 9.80. The van der Waals surface area contributed by atoms with E-state index in [1.54, 1.807) is 0 Å². The number of carbonyl (C=O) groups is 9. The lowest BCUT2D eigenvalue weighted by Crippen LogP contribution is -2.48. The first-order valence-electron chi connectivity index (χ1n) is 47.2. The number of amides is 4. The summed E-state index contributed by atoms with van der Waals surface area (Å²) < 4.78 is 15.4. The van der Waals surface area contributed by atoms with Crippen LogP contribution < -0.4 is 19.6 Å². The van der Waals surface area contributed by atoms with E-state index in [2.05, 4.69) is 34.3 Å². The van der Waals surface area contributed by atoms with Gasteiger partial charge in [0.2, 0.25) is 23.6 Å². The molecule has 4 amide bonds. The highest BCUT2D eigenvalue weighted by molar-refractivity contribution is 7.19. The number of anilines is 4. The van der Waals surface area contributed by atoms with E-state index in [1.165, 1.54) is 72.2 Å². The Kier molecular flexibility index (Phi) is 33.8. The maximum absolute atomic E-state index is 14.0. The number of carbonyl (C=O) groups excluding carboxylic acids is 8. The first-order chi connectivity index (χ1) is 62.0. The Morgan fingerprint density at radius 3 is 0.783 bits per heavy atom. The van der Waals surface area contributed by atoms with E-state index < -0.39 is 29.1 Å². The number of hydrogen-bond donors (Lipinski definition) is 3. The molecule has 8 aromatic rings. The molecule has 0 aliphatic heterocycles. The van der Waals surface area contributed by atoms with E-state index in [1.807, 2.05) is 179 Å². The summed E-state index contributed by atoms with van der Waals surface area (Å²) in [5, 5.41) is 31.0. The number of esters is 3. The fourth-order valence-electron chi connectivity index (χ4n) is 20.3. The van der Waals surface area contributed by atoms with Crippen LogP contribution in [-0.2, 0) is 38.2 Å². The number of hydrogen-bond acceptors (Lipinski definition) is 18. The Hall–Kier alpha value is -9.23. The first kappa shape index (κ1) is 97.3. The maximum atomic E-state index is 14.0. The van der Waals surface area contributed by atoms with Gasteiger partial charge in [0, 0.05) is 80.2 Å². The molecule has 0 atom stereocenters. The van der Waals surface area contributed by atoms with Crippen LogP contribution in [0.4, 0.5) is 22.7 Å². The zero-order chi connectivity index (χ0) is 91.8. The number of benzene rings is 4. The first-order valence-corrected chi connectivity index (χ1v) is 50.5. The molecule has 0 radical (unpaired) electrons. The van der Waals surface area contributed by atoms with Crippen LogP contribution in [0.2, 0.25) is 0 Å². The van der Waals surface area contributed by atoms with E-state index in [-0.39, 0.29) is 88.1 Å². The number of aromatic carboxylic acids is 1. The van der Waals surface area contributed by atoms with Crippen LogP contribution in [0.5, 0.6) is 0 Å². The van der Waals surface area contributed by atoms with Crippen LogP contribution in [0, 0.1) is 47.3 Å². The smallest absolute Gasteiger partial charge is 0.350 e. The summed E-state index contributed by atoms with van der Waals surface area (Å²) in [4.78, 5) is 131. The van der Waals surface area contributed by atoms with Gasteiger partial charge in [0.25, 0.3) is 0 Å². The van der Waals surface area contributed by atoms with Crippen molar-refractivity contribution >= 4 is 121 Å². The molecule has 16 rings (SSSR count). The van der Waals surface area contributed by atoms with Crippen molar-refractivity contribution in [3.05, 3.63) is 177 Å². The molecular formula is C106H132N4O15S4. The second-order valence-corrected chi connectivity index (χ2v) is 42.6. The molecule has 8 aliphatic carbocycles. The van der Waals surface area contributed by atoms with Gasteiger partial charge in [-0.2, -0.15) is 0 Å². The third-order valence-corrected chi connectivity index (χ3v) is 33.2. The molecule has 8 fully saturated rings. The number of aliphatic hydroxyl groups is 2. The van der Waals surface area contributed by atoms with Gasteiger partial charge < -0.3 is 49.1 Å². The van der Waals surface area contributed by atoms with Gasteiger partial charge in [0.15, 0.2) is 0 Å². The Labute approximate surface area is 778 Å². The molecular weight excluding hydrogens is 1700 g/mol. The van der Waals surface area contributed by atoms with Gasteiger partial charge in [-0.05, 0) is 277 Å². The summed E-state index contributed by atoms with van der Waals surface area (Å²) in [6.45, 7) is 16.9. The van der Waals surface area contributed by atoms with E-state index >= 15 is 0 Å². The summed E-state index contributed by atoms with van der Waals surface area (Å²) in [5.41, 5.74) is 6.43. The van der Waals surface area contributed by atoms with E-state index in [0.717, 1.165) is 189 Å². The number of methoxy groups -OCH3 is 3. The Bertz CT molecular complexity index is 4960. The number of ether oxygens (including phenoxy) is 3. The number of rotatable bonds is 20. The summed E-state index contributed by atoms with van der Waals surface area (Å²) in [6, 6.07) is 47.4. The third kappa shape index (κ3) is 24.6. The lowest BCUT2D eigenvalue weighted by Gasteiger charge is -2.41. The minimum Gasteiger partial charge on any atom is -0.477 e. The number of ketones is 1. The second kappa shape index (κ2) is 44.8. The number of Topliss-reactive ketones (excluding diaryl/α,β-unsaturated/α-hetero) is 1. The lowest BCUT2D eigenvalue weighted by molar-refractivity contribution is -0.125. The van der Waals surface area contributed by atoms with Crippen LogP contribution in [0.1, 0.15) is 286 Å². The minimum atomic E-state index is -0.995. The van der Waals surface area contributed by atoms with Crippen molar-refractivity contribution in [2.24, 2.45) is 47.3 Å². The van der Waals surface area contributed by atoms with Gasteiger partial charge in [0.1, 0.15) is 25.3 Å². The average molecular weight is 1830 g/mol. The topological polar surface area (TPSA) is 255 Å². The Balaban J connectivity index is 0.000000147. The highest BCUT2D eigenvalue weighted by Gasteiger charge is 2.45. The van der Waals surface area contributed by atoms with Crippen molar-refractivity contribution in [3.8, 4) is 41.8 Å². The molecule has 4 aromatic carbocycles. The zero-order valence-electron chi connectivity index (χ0n) is 76.8. The highest BCUT2D eigenvalue weighted by atomic mass is 32.1. The molecule has 8 saturated carbocycles. The quantitative estimate of drug-likeness (QED) is 0.0364. The molecule has 129 heavy (non-hydrogen) atoms. The fraction of sp³-hybridized carbons (Fsp3) is 0.519. The summed E-state index contributed by atoms with van der Waals surface area (Å²) in [6.07, 6.45) is 26.8. The van der Waals surface area contributed by atoms with E-state index in [4.69, 9.17) is 14.2 Å². The van der Waals surface area contributed by atoms with Crippen molar-refractivity contribution in [1.29, 1.82) is 0 Å². The maximum Gasteiger partial charge on any atom is 0.350 e. The van der Waals surface area contributed by atoms with Crippen LogP contribution >= 0.6 is 45.3 Å². The SMILES string of the molecule is C=C1CCC(N(C(=O)C2CCC(C)CC2)c2cc(-c3ccccc3)sc2C(=O)OC)CC1.CC1CCC(C(=O)N(c2cc(-c3ccccc3)sc2C(=O)O)C2CCC(C)(O)CC2)CC1.COC(=O)c1sc(-c2ccccc2)cc1N(C(=O)C1CCC(C)CC1)C1CCC(=O)CC1.COC(=O)c1sc(-c2ccccc2)cc1N(C(=O)C1CCC(C)CC1)C1CCC(C)(O)CC1. The molecule has 8 aliphatic rings. The molecule has 23 heteroatoms. The summed E-state index contributed by atoms with van der Waals surface area (Å²) in [5.74, 6) is 1.05. The normalized spacial score (nSPS) is 25.0. The molecule has 690 valence electrons. The van der Waals surface area contributed by atoms with Crippen LogP contribution in [0.25, 0.3) is 41.8 Å². The van der Waals surface area contributed by atoms with Gasteiger partial charge in [0.05, 0.1) is 55.3 Å². The number of carboxylic acid groups (broad SMARTS) is 1. The van der Waals surface area contributed by atoms with Crippen LogP contribution in [-0.4, -0.2) is 125 Å². The molecule has 0 bridgehead atoms. The Morgan fingerprint density at radius 1 is 0.333 bits per heavy atom. The van der Waals surface area contributed by atoms with Crippen molar-refractivity contribution in [2.75, 3.05) is 40.9 Å². The molecule has 19 nitrogen and oxygen atoms in total. The van der Waals surface area contributed by atoms with Gasteiger partial charge in [-0.25, -0.2) is 19.2 Å². The number of nitrogens with zero attached hydrogens (tertiary/aromatic N) is 4. The number of thiophene rings is 4. The Morgan fingerprint density at radius 2 is 0.550 bits per heavy atom. The monoisotopic (exact) mass is 1830 g/mol. The predicted octanol–water partition coefficient (Wildman–Crippen LogP) is 24.8. The van der Waals surface area contributed by atoms with Crippen molar-refractivity contribution in [1.82, 2.24) is 0 Å². The third-order valence-electron chi connectivity index (χ3n) is 28.5. The molecule has 0 unspecified atom stereocenters. The van der Waals surface area contributed by atoms with E-state index in [9.17, 15) is 58.5 Å². The molecule has 0 saturated heterocycles. The molecule has 4 heterocycles. The average Bonchev–Trinajstić information content (AvgIpc) is 1.68. The molecule has 4 aromatic heterocycles. The standard InChI is InChI=1S/C27H35NO4S.C27H33NO3S.C26H33NO4S.C26H31NO4S/c1-18-9-11-20(12-10-18)25(29)28(21-13-15-27(2,31)16-14-21)22-17-23(19-7-5-4-6-8-19)33-24(22)26(30)32-3;1-18-9-13-21(14-10-18)26(29)28(22-15-11-19(2)12-16-22)23-17-24(20-7-5-4-6-8-20)32-25(23)27(30)31-3;1-17-8-10-19(11-9-17)24(28)27(20-12-14-26(2,31)15-13-20)21-16-22(32-23(21)25(29)30)18-6-4-3-5-7-18;1-17-8-10-19(11-9-17)25(29)27(20-12-14-21(28)15-13-20)22-16-23(18-6-4-3-5-7-18)32-24(22)26(30)31-2/h4-8,17-18,20-21,31H,9-16H2,1-3H3;4-8,17-18,21-22H,2,9-16H2,1,3H3;3-7,16-17,19-20,31H,8-15H2,1-2H3,(H,29,30);3-7,16-17,19-20H,8-15H2,1-2H3. The largest absolute Gasteiger partial charge is 0.477 e. The molecule has 3 N–H and O–H groups in total. The van der Waals surface area contributed by atoms with Gasteiger partial charge >= 0.3 is 23.9 Å². The predicted molar refractivity (Wildman–Crippen MR) is 519 cm³/mol. The summed E-state index contributed by atoms with van der Waals surface area (Å²) >= 11 is 5.40. The van der Waals surface area contributed by atoms with Crippen LogP contribution in [0.3, 0.4) is 0 Å². The minimum absolute atomic E-state index is 0.0193. The number of allylic oxidation sites excluding steroid dienone is 1. The van der Waals surface area contributed by atoms with Gasteiger partial charge in [-0.3, -0.25) is 24.0 Å². The second-order valence-electron chi connectivity index (χ2n) is 38.4. The molecule has 0 spiro atoms. The van der Waals surface area contributed by atoms with Gasteiger partial charge in [-0.1, -0.05) is 161 Å². The van der Waals surface area contributed by atoms with Crippen molar-refractivity contribution in [3.63, 3.8) is 0 Å². The van der Waals surface area contributed by atoms with Crippen molar-refractivity contribution in [2.45, 2.75) is 282 Å². The van der Waals surface area contributed by atoms with E-state index in [0.29, 0.717) is 120 Å². The van der Waals surface area contributed by atoms with Gasteiger partial charge in [-0.15, -0.1) is 45.3 Å². The van der Waals surface area contributed by atoms with Crippen molar-refractivity contribution < 1.29 is 72.7 Å². The summed E-state index contributed by atoms with van der Waals surface area (Å²) in [7, 11) is 4.18. The number of carboxylic acids is 1. The van der Waals surface area contributed by atoms with Crippen LogP contribution in [0.15, 0.2) is 158 Å². The fourth-order valence-corrected chi connectivity index (χ4v) is 24.5. The zero-order valence-corrected chi connectivity index (χ0v) is 80.0. The highest BCUT2D eigenvalue weighted by Crippen LogP contribution is 2.49.